The number of sulfonamides is 1. The fourth-order valence-electron chi connectivity index (χ4n) is 5.72. The minimum atomic E-state index is -4.60. The van der Waals surface area contributed by atoms with Gasteiger partial charge in [-0.3, -0.25) is 4.79 Å². The Kier molecular flexibility index (Phi) is 12.2. The summed E-state index contributed by atoms with van der Waals surface area (Å²) in [5.41, 5.74) is -1.30. The van der Waals surface area contributed by atoms with E-state index in [1.54, 1.807) is 20.8 Å². The Labute approximate surface area is 284 Å². The molecule has 1 atom stereocenters. The van der Waals surface area contributed by atoms with Gasteiger partial charge in [0.1, 0.15) is 17.1 Å². The average Bonchev–Trinajstić information content (AvgIpc) is 3.02. The Morgan fingerprint density at radius 1 is 1.00 bits per heavy atom. The van der Waals surface area contributed by atoms with E-state index in [-0.39, 0.29) is 42.6 Å². The SMILES string of the molecule is COc1cc(C(F)(F)C(NS(=O)(=O)c2ccc(OCC3CCCCC3)cc2)C(=O)N2CCC(NC(=O)OC(C)(C)C)CC2)ccc1Br. The van der Waals surface area contributed by atoms with Crippen LogP contribution in [0.15, 0.2) is 51.8 Å². The second-order valence-corrected chi connectivity index (χ2v) is 15.6. The molecule has 0 aromatic heterocycles. The third-order valence-corrected chi connectivity index (χ3v) is 10.4. The third kappa shape index (κ3) is 10.0. The van der Waals surface area contributed by atoms with Crippen molar-refractivity contribution in [1.82, 2.24) is 14.9 Å². The molecular weight excluding hydrogens is 700 g/mol. The van der Waals surface area contributed by atoms with Crippen LogP contribution in [-0.4, -0.2) is 69.8 Å². The zero-order valence-corrected chi connectivity index (χ0v) is 29.6. The largest absolute Gasteiger partial charge is 0.496 e. The molecule has 14 heteroatoms. The van der Waals surface area contributed by atoms with Crippen LogP contribution in [0.3, 0.4) is 0 Å². The van der Waals surface area contributed by atoms with Crippen LogP contribution in [0.1, 0.15) is 71.3 Å². The van der Waals surface area contributed by atoms with E-state index in [2.05, 4.69) is 21.2 Å². The van der Waals surface area contributed by atoms with Crippen molar-refractivity contribution in [2.75, 3.05) is 26.8 Å². The number of amides is 2. The van der Waals surface area contributed by atoms with Crippen molar-refractivity contribution in [3.05, 3.63) is 52.5 Å². The zero-order chi connectivity index (χ0) is 34.4. The highest BCUT2D eigenvalue weighted by molar-refractivity contribution is 9.10. The van der Waals surface area contributed by atoms with Gasteiger partial charge in [0.05, 0.1) is 23.1 Å². The standard InChI is InChI=1S/C33H44BrF2N3O7S/c1-32(2,3)46-31(41)37-24-16-18-39(19-17-24)30(40)29(33(35,36)23-10-15-27(34)28(20-23)44-4)38-47(42,43)26-13-11-25(12-14-26)45-21-22-8-6-5-7-9-22/h10-15,20,22,24,29,38H,5-9,16-19,21H2,1-4H3,(H,37,41). The number of likely N-dealkylation sites (tertiary alicyclic amines) is 1. The Balaban J connectivity index is 1.53. The van der Waals surface area contributed by atoms with Gasteiger partial charge in [-0.05, 0) is 105 Å². The number of ether oxygens (including phenoxy) is 3. The Morgan fingerprint density at radius 3 is 2.23 bits per heavy atom. The maximum atomic E-state index is 16.3. The van der Waals surface area contributed by atoms with Crippen LogP contribution in [-0.2, 0) is 25.5 Å². The van der Waals surface area contributed by atoms with Crippen molar-refractivity contribution in [3.8, 4) is 11.5 Å². The summed E-state index contributed by atoms with van der Waals surface area (Å²) in [5.74, 6) is -4.07. The number of nitrogens with one attached hydrogen (secondary N) is 2. The highest BCUT2D eigenvalue weighted by Gasteiger charge is 2.50. The predicted octanol–water partition coefficient (Wildman–Crippen LogP) is 6.37. The van der Waals surface area contributed by atoms with E-state index in [0.29, 0.717) is 22.7 Å². The average molecular weight is 745 g/mol. The number of alkyl carbamates (subject to hydrolysis) is 1. The summed E-state index contributed by atoms with van der Waals surface area (Å²) >= 11 is 3.24. The van der Waals surface area contributed by atoms with Gasteiger partial charge in [0.2, 0.25) is 15.9 Å². The predicted molar refractivity (Wildman–Crippen MR) is 176 cm³/mol. The third-order valence-electron chi connectivity index (χ3n) is 8.29. The van der Waals surface area contributed by atoms with Gasteiger partial charge in [-0.2, -0.15) is 13.5 Å². The van der Waals surface area contributed by atoms with Gasteiger partial charge in [-0.15, -0.1) is 0 Å². The number of alkyl halides is 2. The van der Waals surface area contributed by atoms with Crippen LogP contribution in [0.2, 0.25) is 0 Å². The molecule has 1 unspecified atom stereocenters. The molecule has 47 heavy (non-hydrogen) atoms. The fraction of sp³-hybridized carbons (Fsp3) is 0.576. The van der Waals surface area contributed by atoms with Gasteiger partial charge >= 0.3 is 6.09 Å². The number of halogens is 3. The number of rotatable bonds is 11. The van der Waals surface area contributed by atoms with E-state index in [9.17, 15) is 18.0 Å². The van der Waals surface area contributed by atoms with E-state index in [0.717, 1.165) is 37.8 Å². The van der Waals surface area contributed by atoms with Crippen LogP contribution >= 0.6 is 15.9 Å². The van der Waals surface area contributed by atoms with E-state index >= 15 is 8.78 Å². The minimum absolute atomic E-state index is 0.0181. The molecule has 0 spiro atoms. The van der Waals surface area contributed by atoms with Crippen molar-refractivity contribution in [1.29, 1.82) is 0 Å². The lowest BCUT2D eigenvalue weighted by molar-refractivity contribution is -0.145. The molecule has 2 fully saturated rings. The molecule has 1 saturated carbocycles. The molecule has 2 N–H and O–H groups in total. The molecule has 0 bridgehead atoms. The van der Waals surface area contributed by atoms with Crippen LogP contribution in [0.4, 0.5) is 13.6 Å². The highest BCUT2D eigenvalue weighted by Crippen LogP contribution is 2.38. The summed E-state index contributed by atoms with van der Waals surface area (Å²) in [6, 6.07) is 6.20. The van der Waals surface area contributed by atoms with Gasteiger partial charge in [0.25, 0.3) is 5.92 Å². The number of methoxy groups -OCH3 is 1. The van der Waals surface area contributed by atoms with E-state index in [1.807, 2.05) is 4.72 Å². The van der Waals surface area contributed by atoms with Crippen molar-refractivity contribution >= 4 is 38.0 Å². The first-order chi connectivity index (χ1) is 22.1. The van der Waals surface area contributed by atoms with Gasteiger partial charge in [-0.25, -0.2) is 13.2 Å². The topological polar surface area (TPSA) is 123 Å². The van der Waals surface area contributed by atoms with E-state index in [1.165, 1.54) is 48.8 Å². The fourth-order valence-corrected chi connectivity index (χ4v) is 7.32. The lowest BCUT2D eigenvalue weighted by Crippen LogP contribution is -2.58. The van der Waals surface area contributed by atoms with Gasteiger partial charge in [0, 0.05) is 24.7 Å². The molecule has 1 aliphatic heterocycles. The summed E-state index contributed by atoms with van der Waals surface area (Å²) in [5, 5.41) is 2.74. The molecule has 0 radical (unpaired) electrons. The molecule has 10 nitrogen and oxygen atoms in total. The molecule has 1 heterocycles. The number of hydrogen-bond acceptors (Lipinski definition) is 7. The number of nitrogens with zero attached hydrogens (tertiary/aromatic N) is 1. The van der Waals surface area contributed by atoms with Gasteiger partial charge in [-0.1, -0.05) is 25.3 Å². The molecule has 2 aliphatic rings. The first-order valence-electron chi connectivity index (χ1n) is 15.8. The first kappa shape index (κ1) is 36.9. The number of piperidine rings is 1. The zero-order valence-electron chi connectivity index (χ0n) is 27.2. The van der Waals surface area contributed by atoms with Crippen molar-refractivity contribution in [2.24, 2.45) is 5.92 Å². The van der Waals surface area contributed by atoms with Crippen LogP contribution in [0.25, 0.3) is 0 Å². The maximum absolute atomic E-state index is 16.3. The summed E-state index contributed by atoms with van der Waals surface area (Å²) in [7, 11) is -3.29. The Morgan fingerprint density at radius 2 is 1.64 bits per heavy atom. The number of hydrogen-bond donors (Lipinski definition) is 2. The smallest absolute Gasteiger partial charge is 0.407 e. The molecule has 2 aromatic rings. The molecule has 4 rings (SSSR count). The van der Waals surface area contributed by atoms with Crippen molar-refractivity contribution in [2.45, 2.75) is 94.2 Å². The Bertz CT molecular complexity index is 1490. The summed E-state index contributed by atoms with van der Waals surface area (Å²) in [4.78, 5) is 26.9. The normalized spacial score (nSPS) is 17.6. The van der Waals surface area contributed by atoms with Gasteiger partial charge in [0.15, 0.2) is 6.04 Å². The van der Waals surface area contributed by atoms with Crippen molar-refractivity contribution in [3.63, 3.8) is 0 Å². The number of carbonyl (C=O) groups is 2. The lowest BCUT2D eigenvalue weighted by atomic mass is 9.90. The lowest BCUT2D eigenvalue weighted by Gasteiger charge is -2.36. The molecule has 260 valence electrons. The Hall–Kier alpha value is -2.97. The van der Waals surface area contributed by atoms with Crippen LogP contribution in [0, 0.1) is 5.92 Å². The van der Waals surface area contributed by atoms with E-state index in [4.69, 9.17) is 14.2 Å². The summed E-state index contributed by atoms with van der Waals surface area (Å²) in [6.45, 7) is 5.76. The first-order valence-corrected chi connectivity index (χ1v) is 18.1. The second kappa shape index (κ2) is 15.5. The summed E-state index contributed by atoms with van der Waals surface area (Å²) < 4.78 is 78.5. The van der Waals surface area contributed by atoms with Crippen molar-refractivity contribution < 1.29 is 41.0 Å². The molecule has 2 amide bonds. The van der Waals surface area contributed by atoms with Gasteiger partial charge < -0.3 is 24.4 Å². The molecule has 2 aromatic carbocycles. The minimum Gasteiger partial charge on any atom is -0.496 e. The van der Waals surface area contributed by atoms with Crippen LogP contribution in [0.5, 0.6) is 11.5 Å². The van der Waals surface area contributed by atoms with E-state index < -0.39 is 45.2 Å². The van der Waals surface area contributed by atoms with Crippen LogP contribution < -0.4 is 19.5 Å². The summed E-state index contributed by atoms with van der Waals surface area (Å²) in [6.07, 6.45) is 5.63. The number of benzene rings is 2. The number of carbonyl (C=O) groups excluding carboxylic acids is 2. The highest BCUT2D eigenvalue weighted by atomic mass is 79.9. The molecular formula is C33H44BrF2N3O7S. The maximum Gasteiger partial charge on any atom is 0.407 e. The quantitative estimate of drug-likeness (QED) is 0.274. The monoisotopic (exact) mass is 743 g/mol. The molecule has 1 saturated heterocycles. The molecule has 1 aliphatic carbocycles. The second-order valence-electron chi connectivity index (χ2n) is 13.1.